The Labute approximate surface area is 146 Å². The minimum absolute atomic E-state index is 0.00992. The van der Waals surface area contributed by atoms with E-state index in [0.29, 0.717) is 32.0 Å². The van der Waals surface area contributed by atoms with E-state index in [1.54, 1.807) is 11.0 Å². The number of aromatic nitrogens is 1. The topological polar surface area (TPSA) is 65.2 Å². The van der Waals surface area contributed by atoms with Crippen LogP contribution in [0, 0.1) is 17.7 Å². The minimum Gasteiger partial charge on any atom is -0.361 e. The van der Waals surface area contributed by atoms with Crippen molar-refractivity contribution in [1.29, 1.82) is 0 Å². The number of carbonyl (C=O) groups excluding carboxylic acids is 2. The number of aromatic amines is 1. The second-order valence-corrected chi connectivity index (χ2v) is 7.13. The summed E-state index contributed by atoms with van der Waals surface area (Å²) in [4.78, 5) is 29.2. The smallest absolute Gasteiger partial charge is 0.225 e. The molecule has 3 rings (SSSR count). The molecule has 0 unspecified atom stereocenters. The molecule has 6 heteroatoms. The summed E-state index contributed by atoms with van der Waals surface area (Å²) in [6, 6.07) is 4.65. The molecule has 1 aliphatic heterocycles. The fraction of sp³-hybridized carbons (Fsp3) is 0.474. The summed E-state index contributed by atoms with van der Waals surface area (Å²) in [5.74, 6) is -0.187. The number of amides is 2. The Hall–Kier alpha value is -2.37. The van der Waals surface area contributed by atoms with Crippen molar-refractivity contribution in [1.82, 2.24) is 15.2 Å². The maximum Gasteiger partial charge on any atom is 0.225 e. The van der Waals surface area contributed by atoms with Crippen molar-refractivity contribution in [3.63, 3.8) is 0 Å². The van der Waals surface area contributed by atoms with Crippen LogP contribution in [0.1, 0.15) is 25.8 Å². The van der Waals surface area contributed by atoms with Crippen LogP contribution in [0.4, 0.5) is 4.39 Å². The molecule has 2 N–H and O–H groups in total. The zero-order valence-corrected chi connectivity index (χ0v) is 14.6. The number of nitrogens with one attached hydrogen (secondary N) is 2. The maximum atomic E-state index is 13.4. The van der Waals surface area contributed by atoms with Crippen molar-refractivity contribution in [3.05, 3.63) is 35.8 Å². The Bertz CT molecular complexity index is 784. The number of nitrogens with zero attached hydrogens (tertiary/aromatic N) is 1. The lowest BCUT2D eigenvalue weighted by Gasteiger charge is -2.16. The number of carbonyl (C=O) groups is 2. The third-order valence-corrected chi connectivity index (χ3v) is 4.65. The standard InChI is InChI=1S/C19H24FN3O2/c1-12(2)9-22-19(25)14-7-18(24)23(11-14)6-5-13-10-21-17-4-3-15(20)8-16(13)17/h3-4,8,10,12,14,21H,5-7,9,11H2,1-2H3,(H,22,25)/t14-/m1/s1. The third kappa shape index (κ3) is 4.00. The van der Waals surface area contributed by atoms with Gasteiger partial charge in [0, 0.05) is 43.2 Å². The Morgan fingerprint density at radius 2 is 2.24 bits per heavy atom. The molecule has 5 nitrogen and oxygen atoms in total. The van der Waals surface area contributed by atoms with Gasteiger partial charge in [-0.05, 0) is 36.1 Å². The van der Waals surface area contributed by atoms with Crippen molar-refractivity contribution in [3.8, 4) is 0 Å². The number of likely N-dealkylation sites (tertiary alicyclic amines) is 1. The highest BCUT2D eigenvalue weighted by Crippen LogP contribution is 2.22. The molecule has 134 valence electrons. The number of benzene rings is 1. The van der Waals surface area contributed by atoms with E-state index in [-0.39, 0.29) is 30.0 Å². The van der Waals surface area contributed by atoms with Crippen LogP contribution in [-0.2, 0) is 16.0 Å². The first-order valence-electron chi connectivity index (χ1n) is 8.75. The summed E-state index contributed by atoms with van der Waals surface area (Å²) in [6.45, 7) is 5.70. The quantitative estimate of drug-likeness (QED) is 0.845. The Morgan fingerprint density at radius 3 is 3.00 bits per heavy atom. The first kappa shape index (κ1) is 17.5. The van der Waals surface area contributed by atoms with Crippen molar-refractivity contribution in [2.45, 2.75) is 26.7 Å². The minimum atomic E-state index is -0.272. The lowest BCUT2D eigenvalue weighted by molar-refractivity contribution is -0.129. The summed E-state index contributed by atoms with van der Waals surface area (Å²) in [6.07, 6.45) is 2.76. The van der Waals surface area contributed by atoms with Crippen LogP contribution in [0.2, 0.25) is 0 Å². The zero-order valence-electron chi connectivity index (χ0n) is 14.6. The molecule has 0 spiro atoms. The SMILES string of the molecule is CC(C)CNC(=O)[C@@H]1CC(=O)N(CCc2c[nH]c3ccc(F)cc23)C1. The van der Waals surface area contributed by atoms with Gasteiger partial charge in [0.25, 0.3) is 0 Å². The summed E-state index contributed by atoms with van der Waals surface area (Å²) in [5, 5.41) is 3.75. The summed E-state index contributed by atoms with van der Waals surface area (Å²) in [7, 11) is 0. The normalized spacial score (nSPS) is 17.7. The lowest BCUT2D eigenvalue weighted by Crippen LogP contribution is -2.35. The number of halogens is 1. The van der Waals surface area contributed by atoms with Crippen LogP contribution in [0.15, 0.2) is 24.4 Å². The second-order valence-electron chi connectivity index (χ2n) is 7.13. The predicted octanol–water partition coefficient (Wildman–Crippen LogP) is 2.47. The molecule has 1 aliphatic rings. The van der Waals surface area contributed by atoms with Gasteiger partial charge >= 0.3 is 0 Å². The average Bonchev–Trinajstić information content (AvgIpc) is 3.14. The molecule has 2 aromatic rings. The van der Waals surface area contributed by atoms with Gasteiger partial charge in [-0.25, -0.2) is 4.39 Å². The molecule has 25 heavy (non-hydrogen) atoms. The Kier molecular flexibility index (Phi) is 5.06. The van der Waals surface area contributed by atoms with Crippen LogP contribution in [-0.4, -0.2) is 41.3 Å². The summed E-state index contributed by atoms with van der Waals surface area (Å²) < 4.78 is 13.4. The Morgan fingerprint density at radius 1 is 1.44 bits per heavy atom. The molecule has 0 aliphatic carbocycles. The van der Waals surface area contributed by atoms with E-state index in [0.717, 1.165) is 16.5 Å². The van der Waals surface area contributed by atoms with Crippen molar-refractivity contribution in [2.24, 2.45) is 11.8 Å². The van der Waals surface area contributed by atoms with Crippen LogP contribution in [0.25, 0.3) is 10.9 Å². The number of rotatable bonds is 6. The fourth-order valence-electron chi connectivity index (χ4n) is 3.23. The third-order valence-electron chi connectivity index (χ3n) is 4.65. The number of fused-ring (bicyclic) bond motifs is 1. The van der Waals surface area contributed by atoms with Gasteiger partial charge in [0.2, 0.25) is 11.8 Å². The van der Waals surface area contributed by atoms with E-state index < -0.39 is 0 Å². The van der Waals surface area contributed by atoms with E-state index in [1.165, 1.54) is 12.1 Å². The zero-order chi connectivity index (χ0) is 18.0. The van der Waals surface area contributed by atoms with Gasteiger partial charge in [-0.3, -0.25) is 9.59 Å². The van der Waals surface area contributed by atoms with Crippen LogP contribution in [0.5, 0.6) is 0 Å². The molecule has 2 heterocycles. The molecule has 0 bridgehead atoms. The van der Waals surface area contributed by atoms with E-state index >= 15 is 0 Å². The molecule has 2 amide bonds. The molecule has 1 fully saturated rings. The van der Waals surface area contributed by atoms with Crippen LogP contribution < -0.4 is 5.32 Å². The van der Waals surface area contributed by atoms with Crippen molar-refractivity contribution in [2.75, 3.05) is 19.6 Å². The van der Waals surface area contributed by atoms with Crippen LogP contribution >= 0.6 is 0 Å². The van der Waals surface area contributed by atoms with E-state index in [9.17, 15) is 14.0 Å². The molecule has 0 saturated carbocycles. The predicted molar refractivity (Wildman–Crippen MR) is 94.5 cm³/mol. The molecule has 1 atom stereocenters. The molecular formula is C19H24FN3O2. The second kappa shape index (κ2) is 7.25. The first-order chi connectivity index (χ1) is 11.9. The Balaban J connectivity index is 1.59. The van der Waals surface area contributed by atoms with E-state index in [2.05, 4.69) is 10.3 Å². The van der Waals surface area contributed by atoms with E-state index in [1.807, 2.05) is 20.0 Å². The summed E-state index contributed by atoms with van der Waals surface area (Å²) in [5.41, 5.74) is 1.87. The fourth-order valence-corrected chi connectivity index (χ4v) is 3.23. The molecule has 1 aromatic heterocycles. The van der Waals surface area contributed by atoms with Crippen molar-refractivity contribution < 1.29 is 14.0 Å². The van der Waals surface area contributed by atoms with Crippen molar-refractivity contribution >= 4 is 22.7 Å². The molecule has 1 saturated heterocycles. The van der Waals surface area contributed by atoms with Gasteiger partial charge in [-0.15, -0.1) is 0 Å². The van der Waals surface area contributed by atoms with Crippen LogP contribution in [0.3, 0.4) is 0 Å². The average molecular weight is 345 g/mol. The monoisotopic (exact) mass is 345 g/mol. The number of H-pyrrole nitrogens is 1. The lowest BCUT2D eigenvalue weighted by atomic mass is 10.1. The van der Waals surface area contributed by atoms with E-state index in [4.69, 9.17) is 0 Å². The number of hydrogen-bond acceptors (Lipinski definition) is 2. The van der Waals surface area contributed by atoms with Gasteiger partial charge in [-0.2, -0.15) is 0 Å². The van der Waals surface area contributed by atoms with Gasteiger partial charge in [0.1, 0.15) is 5.82 Å². The summed E-state index contributed by atoms with van der Waals surface area (Å²) >= 11 is 0. The highest BCUT2D eigenvalue weighted by Gasteiger charge is 2.33. The highest BCUT2D eigenvalue weighted by molar-refractivity contribution is 5.89. The number of hydrogen-bond donors (Lipinski definition) is 2. The van der Waals surface area contributed by atoms with Gasteiger partial charge in [0.05, 0.1) is 5.92 Å². The largest absolute Gasteiger partial charge is 0.361 e. The van der Waals surface area contributed by atoms with Gasteiger partial charge < -0.3 is 15.2 Å². The first-order valence-corrected chi connectivity index (χ1v) is 8.75. The highest BCUT2D eigenvalue weighted by atomic mass is 19.1. The molecule has 0 radical (unpaired) electrons. The molecule has 1 aromatic carbocycles. The van der Waals surface area contributed by atoms with Gasteiger partial charge in [0.15, 0.2) is 0 Å². The van der Waals surface area contributed by atoms with Gasteiger partial charge in [-0.1, -0.05) is 13.8 Å². The maximum absolute atomic E-state index is 13.4. The molecular weight excluding hydrogens is 321 g/mol.